The summed E-state index contributed by atoms with van der Waals surface area (Å²) in [5.41, 5.74) is 1.29. The van der Waals surface area contributed by atoms with E-state index in [-0.39, 0.29) is 18.5 Å². The minimum Gasteiger partial charge on any atom is -0.450 e. The standard InChI is InChI=1S/C14H21N3O3/c1-4-20-14(19)17-12-7-5-11(6-8-12)16-13(18)9-15-10(2)3/h5-8,10,15H,4,9H2,1-3H3,(H,16,18)(H,17,19). The first kappa shape index (κ1) is 16.0. The van der Waals surface area contributed by atoms with Crippen molar-refractivity contribution in [2.24, 2.45) is 0 Å². The van der Waals surface area contributed by atoms with Crippen LogP contribution in [0.4, 0.5) is 16.2 Å². The van der Waals surface area contributed by atoms with Gasteiger partial charge in [-0.2, -0.15) is 0 Å². The fourth-order valence-corrected chi connectivity index (χ4v) is 1.42. The molecule has 0 radical (unpaired) electrons. The van der Waals surface area contributed by atoms with Gasteiger partial charge in [-0.25, -0.2) is 4.79 Å². The molecule has 110 valence electrons. The molecule has 0 aromatic heterocycles. The lowest BCUT2D eigenvalue weighted by Gasteiger charge is -2.10. The molecule has 0 aliphatic carbocycles. The molecule has 0 saturated heterocycles. The Morgan fingerprint density at radius 1 is 1.10 bits per heavy atom. The topological polar surface area (TPSA) is 79.5 Å². The van der Waals surface area contributed by atoms with E-state index in [4.69, 9.17) is 4.74 Å². The summed E-state index contributed by atoms with van der Waals surface area (Å²) in [6.45, 7) is 6.28. The van der Waals surface area contributed by atoms with E-state index in [0.717, 1.165) is 0 Å². The molecule has 0 heterocycles. The Hall–Kier alpha value is -2.08. The number of rotatable bonds is 6. The van der Waals surface area contributed by atoms with E-state index in [0.29, 0.717) is 18.0 Å². The predicted octanol–water partition coefficient (Wildman–Crippen LogP) is 2.19. The first-order valence-electron chi connectivity index (χ1n) is 6.58. The Bertz CT molecular complexity index is 443. The molecule has 0 fully saturated rings. The lowest BCUT2D eigenvalue weighted by Crippen LogP contribution is -2.32. The molecule has 0 atom stereocenters. The molecular weight excluding hydrogens is 258 g/mol. The molecule has 0 unspecified atom stereocenters. The summed E-state index contributed by atoms with van der Waals surface area (Å²) in [5, 5.41) is 8.37. The number of benzene rings is 1. The van der Waals surface area contributed by atoms with Crippen molar-refractivity contribution in [3.63, 3.8) is 0 Å². The van der Waals surface area contributed by atoms with Crippen molar-refractivity contribution in [3.05, 3.63) is 24.3 Å². The van der Waals surface area contributed by atoms with Crippen LogP contribution in [0.3, 0.4) is 0 Å². The Balaban J connectivity index is 2.46. The lowest BCUT2D eigenvalue weighted by atomic mass is 10.3. The number of ether oxygens (including phenoxy) is 1. The van der Waals surface area contributed by atoms with Gasteiger partial charge in [-0.15, -0.1) is 0 Å². The van der Waals surface area contributed by atoms with Gasteiger partial charge in [0.15, 0.2) is 0 Å². The van der Waals surface area contributed by atoms with Crippen LogP contribution in [-0.4, -0.2) is 31.2 Å². The van der Waals surface area contributed by atoms with Gasteiger partial charge in [0.1, 0.15) is 0 Å². The number of amides is 2. The van der Waals surface area contributed by atoms with Crippen LogP contribution in [-0.2, 0) is 9.53 Å². The molecule has 0 spiro atoms. The lowest BCUT2D eigenvalue weighted by molar-refractivity contribution is -0.115. The maximum absolute atomic E-state index is 11.6. The number of carbonyl (C=O) groups is 2. The van der Waals surface area contributed by atoms with E-state index in [1.807, 2.05) is 13.8 Å². The highest BCUT2D eigenvalue weighted by molar-refractivity contribution is 5.92. The number of carbonyl (C=O) groups excluding carboxylic acids is 2. The first-order chi connectivity index (χ1) is 9.51. The molecule has 6 heteroatoms. The summed E-state index contributed by atoms with van der Waals surface area (Å²) in [6, 6.07) is 7.09. The molecule has 0 aliphatic heterocycles. The van der Waals surface area contributed by atoms with Crippen LogP contribution in [0.1, 0.15) is 20.8 Å². The maximum atomic E-state index is 11.6. The minimum atomic E-state index is -0.495. The quantitative estimate of drug-likeness (QED) is 0.745. The summed E-state index contributed by atoms with van der Waals surface area (Å²) in [5.74, 6) is -0.107. The van der Waals surface area contributed by atoms with E-state index in [9.17, 15) is 9.59 Å². The summed E-state index contributed by atoms with van der Waals surface area (Å²) in [7, 11) is 0. The monoisotopic (exact) mass is 279 g/mol. The summed E-state index contributed by atoms with van der Waals surface area (Å²) in [4.78, 5) is 22.8. The van der Waals surface area contributed by atoms with Gasteiger partial charge in [-0.1, -0.05) is 13.8 Å². The van der Waals surface area contributed by atoms with Gasteiger partial charge in [0.2, 0.25) is 5.91 Å². The van der Waals surface area contributed by atoms with Gasteiger partial charge in [-0.05, 0) is 31.2 Å². The Kier molecular flexibility index (Phi) is 6.52. The molecule has 2 amide bonds. The van der Waals surface area contributed by atoms with Gasteiger partial charge >= 0.3 is 6.09 Å². The Labute approximate surface area is 118 Å². The van der Waals surface area contributed by atoms with Crippen LogP contribution in [0.25, 0.3) is 0 Å². The summed E-state index contributed by atoms with van der Waals surface area (Å²) in [6.07, 6.45) is -0.495. The molecule has 3 N–H and O–H groups in total. The number of anilines is 2. The second-order valence-corrected chi connectivity index (χ2v) is 4.51. The predicted molar refractivity (Wildman–Crippen MR) is 78.9 cm³/mol. The molecule has 6 nitrogen and oxygen atoms in total. The van der Waals surface area contributed by atoms with Gasteiger partial charge < -0.3 is 15.4 Å². The van der Waals surface area contributed by atoms with Crippen molar-refractivity contribution in [2.45, 2.75) is 26.8 Å². The van der Waals surface area contributed by atoms with Crippen LogP contribution in [0, 0.1) is 0 Å². The number of hydrogen-bond donors (Lipinski definition) is 3. The molecule has 1 rings (SSSR count). The van der Waals surface area contributed by atoms with Crippen LogP contribution in [0.5, 0.6) is 0 Å². The highest BCUT2D eigenvalue weighted by atomic mass is 16.5. The van der Waals surface area contributed by atoms with Crippen LogP contribution >= 0.6 is 0 Å². The van der Waals surface area contributed by atoms with Gasteiger partial charge in [0.05, 0.1) is 13.2 Å². The van der Waals surface area contributed by atoms with E-state index in [1.165, 1.54) is 0 Å². The van der Waals surface area contributed by atoms with E-state index in [2.05, 4.69) is 16.0 Å². The van der Waals surface area contributed by atoms with E-state index >= 15 is 0 Å². The Morgan fingerprint density at radius 3 is 2.15 bits per heavy atom. The van der Waals surface area contributed by atoms with Gasteiger partial charge in [-0.3, -0.25) is 10.1 Å². The Morgan fingerprint density at radius 2 is 1.65 bits per heavy atom. The zero-order chi connectivity index (χ0) is 15.0. The first-order valence-corrected chi connectivity index (χ1v) is 6.58. The smallest absolute Gasteiger partial charge is 0.411 e. The normalized spacial score (nSPS) is 10.2. The molecule has 0 saturated carbocycles. The second kappa shape index (κ2) is 8.16. The summed E-state index contributed by atoms with van der Waals surface area (Å²) >= 11 is 0. The summed E-state index contributed by atoms with van der Waals surface area (Å²) < 4.78 is 4.77. The van der Waals surface area contributed by atoms with Crippen molar-refractivity contribution in [2.75, 3.05) is 23.8 Å². The number of hydrogen-bond acceptors (Lipinski definition) is 4. The zero-order valence-electron chi connectivity index (χ0n) is 12.0. The third-order valence-electron chi connectivity index (χ3n) is 2.36. The molecule has 1 aromatic carbocycles. The van der Waals surface area contributed by atoms with E-state index < -0.39 is 6.09 Å². The third kappa shape index (κ3) is 6.19. The molecule has 0 aliphatic rings. The van der Waals surface area contributed by atoms with Crippen molar-refractivity contribution in [3.8, 4) is 0 Å². The SMILES string of the molecule is CCOC(=O)Nc1ccc(NC(=O)CNC(C)C)cc1. The average molecular weight is 279 g/mol. The van der Waals surface area contributed by atoms with Crippen molar-refractivity contribution in [1.29, 1.82) is 0 Å². The third-order valence-corrected chi connectivity index (χ3v) is 2.36. The fraction of sp³-hybridized carbons (Fsp3) is 0.429. The van der Waals surface area contributed by atoms with Crippen LogP contribution < -0.4 is 16.0 Å². The molecule has 1 aromatic rings. The van der Waals surface area contributed by atoms with Crippen LogP contribution in [0.15, 0.2) is 24.3 Å². The molecule has 20 heavy (non-hydrogen) atoms. The highest BCUT2D eigenvalue weighted by Gasteiger charge is 2.04. The molecule has 0 bridgehead atoms. The second-order valence-electron chi connectivity index (χ2n) is 4.51. The van der Waals surface area contributed by atoms with Crippen molar-refractivity contribution < 1.29 is 14.3 Å². The van der Waals surface area contributed by atoms with E-state index in [1.54, 1.807) is 31.2 Å². The maximum Gasteiger partial charge on any atom is 0.411 e. The largest absolute Gasteiger partial charge is 0.450 e. The zero-order valence-corrected chi connectivity index (χ0v) is 12.0. The fourth-order valence-electron chi connectivity index (χ4n) is 1.42. The van der Waals surface area contributed by atoms with Crippen molar-refractivity contribution in [1.82, 2.24) is 5.32 Å². The highest BCUT2D eigenvalue weighted by Crippen LogP contribution is 2.13. The van der Waals surface area contributed by atoms with Gasteiger partial charge in [0, 0.05) is 17.4 Å². The van der Waals surface area contributed by atoms with Crippen LogP contribution in [0.2, 0.25) is 0 Å². The number of nitrogens with one attached hydrogen (secondary N) is 3. The van der Waals surface area contributed by atoms with Crippen molar-refractivity contribution >= 4 is 23.4 Å². The molecular formula is C14H21N3O3. The average Bonchev–Trinajstić information content (AvgIpc) is 2.39. The van der Waals surface area contributed by atoms with Gasteiger partial charge in [0.25, 0.3) is 0 Å². The minimum absolute atomic E-state index is 0.107.